The Hall–Kier alpha value is -3.52. The summed E-state index contributed by atoms with van der Waals surface area (Å²) >= 11 is 0. The van der Waals surface area contributed by atoms with E-state index in [1.54, 1.807) is 35.1 Å². The van der Waals surface area contributed by atoms with Crippen molar-refractivity contribution in [2.75, 3.05) is 27.5 Å². The SMILES string of the molecule is CO[C@H]1C=C[C@@]23c4cc5c(cc4C(=O)N(CCc4ccc(O)cc4)[C@@H]2C(=O)N(C)C3C1)OCO5. The van der Waals surface area contributed by atoms with E-state index >= 15 is 0 Å². The second-order valence-corrected chi connectivity index (χ2v) is 9.34. The van der Waals surface area contributed by atoms with Crippen LogP contribution in [0.5, 0.6) is 17.2 Å². The smallest absolute Gasteiger partial charge is 0.255 e. The minimum absolute atomic E-state index is 0.0752. The molecule has 1 saturated heterocycles. The fourth-order valence-corrected chi connectivity index (χ4v) is 6.05. The number of fused-ring (bicyclic) bond motifs is 2. The number of likely N-dealkylation sites (tertiary alicyclic amines) is 1. The van der Waals surface area contributed by atoms with Gasteiger partial charge in [-0.3, -0.25) is 9.59 Å². The summed E-state index contributed by atoms with van der Waals surface area (Å²) in [7, 11) is 3.48. The van der Waals surface area contributed by atoms with Gasteiger partial charge in [-0.15, -0.1) is 0 Å². The van der Waals surface area contributed by atoms with Gasteiger partial charge in [0.25, 0.3) is 5.91 Å². The van der Waals surface area contributed by atoms with Crippen LogP contribution < -0.4 is 9.47 Å². The van der Waals surface area contributed by atoms with Gasteiger partial charge in [-0.25, -0.2) is 0 Å². The van der Waals surface area contributed by atoms with Crippen molar-refractivity contribution < 1.29 is 28.9 Å². The maximum atomic E-state index is 13.8. The molecule has 6 rings (SSSR count). The van der Waals surface area contributed by atoms with Crippen LogP contribution in [0.2, 0.25) is 0 Å². The maximum Gasteiger partial charge on any atom is 0.255 e. The number of rotatable bonds is 4. The average molecular weight is 463 g/mol. The van der Waals surface area contributed by atoms with E-state index in [0.717, 1.165) is 11.1 Å². The van der Waals surface area contributed by atoms with Gasteiger partial charge in [-0.1, -0.05) is 24.3 Å². The predicted octanol–water partition coefficient (Wildman–Crippen LogP) is 2.24. The summed E-state index contributed by atoms with van der Waals surface area (Å²) in [5.74, 6) is 1.07. The highest BCUT2D eigenvalue weighted by Crippen LogP contribution is 2.54. The van der Waals surface area contributed by atoms with E-state index in [2.05, 4.69) is 6.08 Å². The molecule has 1 spiro atoms. The number of nitrogens with zero attached hydrogens (tertiary/aromatic N) is 2. The number of likely N-dealkylation sites (N-methyl/N-ethyl adjacent to an activating group) is 1. The Morgan fingerprint density at radius 2 is 1.88 bits per heavy atom. The van der Waals surface area contributed by atoms with E-state index in [1.807, 2.05) is 31.3 Å². The number of benzene rings is 2. The Labute approximate surface area is 197 Å². The van der Waals surface area contributed by atoms with Gasteiger partial charge in [-0.05, 0) is 48.2 Å². The number of phenolic OH excluding ortho intramolecular Hbond substituents is 1. The molecule has 2 aromatic carbocycles. The summed E-state index contributed by atoms with van der Waals surface area (Å²) in [6.45, 7) is 0.481. The molecule has 0 saturated carbocycles. The molecule has 2 amide bonds. The third kappa shape index (κ3) is 2.81. The van der Waals surface area contributed by atoms with Crippen molar-refractivity contribution >= 4 is 11.8 Å². The van der Waals surface area contributed by atoms with Crippen LogP contribution >= 0.6 is 0 Å². The first kappa shape index (κ1) is 21.0. The summed E-state index contributed by atoms with van der Waals surface area (Å²) in [6, 6.07) is 9.75. The molecule has 4 aliphatic rings. The van der Waals surface area contributed by atoms with Crippen molar-refractivity contribution in [2.45, 2.75) is 36.4 Å². The van der Waals surface area contributed by atoms with Gasteiger partial charge in [0, 0.05) is 32.3 Å². The van der Waals surface area contributed by atoms with E-state index in [-0.39, 0.29) is 36.5 Å². The van der Waals surface area contributed by atoms with Crippen molar-refractivity contribution in [3.63, 3.8) is 0 Å². The number of methoxy groups -OCH3 is 1. The Morgan fingerprint density at radius 1 is 1.15 bits per heavy atom. The molecule has 0 radical (unpaired) electrons. The molecular formula is C26H26N2O6. The minimum atomic E-state index is -0.708. The largest absolute Gasteiger partial charge is 0.508 e. The molecule has 2 aromatic rings. The molecule has 0 bridgehead atoms. The Bertz CT molecular complexity index is 1210. The number of aromatic hydroxyl groups is 1. The van der Waals surface area contributed by atoms with Crippen LogP contribution in [0.25, 0.3) is 0 Å². The molecule has 0 aromatic heterocycles. The molecule has 176 valence electrons. The lowest BCUT2D eigenvalue weighted by Gasteiger charge is -2.48. The Balaban J connectivity index is 1.49. The van der Waals surface area contributed by atoms with Gasteiger partial charge in [0.1, 0.15) is 11.8 Å². The van der Waals surface area contributed by atoms with Crippen molar-refractivity contribution in [1.82, 2.24) is 9.80 Å². The van der Waals surface area contributed by atoms with Gasteiger partial charge >= 0.3 is 0 Å². The third-order valence-corrected chi connectivity index (χ3v) is 7.76. The summed E-state index contributed by atoms with van der Waals surface area (Å²) in [4.78, 5) is 31.1. The number of hydrogen-bond donors (Lipinski definition) is 1. The molecular weight excluding hydrogens is 436 g/mol. The lowest BCUT2D eigenvalue weighted by atomic mass is 9.63. The molecule has 1 unspecified atom stereocenters. The highest BCUT2D eigenvalue weighted by Gasteiger charge is 2.65. The van der Waals surface area contributed by atoms with Crippen LogP contribution in [0.3, 0.4) is 0 Å². The van der Waals surface area contributed by atoms with Crippen molar-refractivity contribution in [3.8, 4) is 17.2 Å². The highest BCUT2D eigenvalue weighted by atomic mass is 16.7. The summed E-state index contributed by atoms with van der Waals surface area (Å²) < 4.78 is 16.8. The first-order valence-electron chi connectivity index (χ1n) is 11.5. The van der Waals surface area contributed by atoms with Gasteiger partial charge in [-0.2, -0.15) is 0 Å². The average Bonchev–Trinajstić information content (AvgIpc) is 3.40. The van der Waals surface area contributed by atoms with Crippen LogP contribution in [0, 0.1) is 0 Å². The van der Waals surface area contributed by atoms with E-state index in [9.17, 15) is 14.7 Å². The monoisotopic (exact) mass is 462 g/mol. The zero-order valence-corrected chi connectivity index (χ0v) is 19.1. The van der Waals surface area contributed by atoms with Gasteiger partial charge in [0.2, 0.25) is 12.7 Å². The lowest BCUT2D eigenvalue weighted by molar-refractivity contribution is -0.131. The van der Waals surface area contributed by atoms with E-state index < -0.39 is 11.5 Å². The number of amides is 2. The third-order valence-electron chi connectivity index (χ3n) is 7.76. The molecule has 3 aliphatic heterocycles. The van der Waals surface area contributed by atoms with Crippen LogP contribution in [0.15, 0.2) is 48.6 Å². The molecule has 34 heavy (non-hydrogen) atoms. The first-order chi connectivity index (χ1) is 16.4. The van der Waals surface area contributed by atoms with Crippen LogP contribution in [0.1, 0.15) is 27.9 Å². The normalized spacial score (nSPS) is 28.7. The first-order valence-corrected chi connectivity index (χ1v) is 11.5. The summed E-state index contributed by atoms with van der Waals surface area (Å²) in [5.41, 5.74) is 1.62. The molecule has 8 nitrogen and oxygen atoms in total. The van der Waals surface area contributed by atoms with Crippen LogP contribution in [-0.2, 0) is 21.4 Å². The topological polar surface area (TPSA) is 88.5 Å². The number of hydrogen-bond acceptors (Lipinski definition) is 6. The minimum Gasteiger partial charge on any atom is -0.508 e. The molecule has 8 heteroatoms. The van der Waals surface area contributed by atoms with Crippen molar-refractivity contribution in [2.24, 2.45) is 0 Å². The number of carbonyl (C=O) groups excluding carboxylic acids is 2. The van der Waals surface area contributed by atoms with Gasteiger partial charge in [0.05, 0.1) is 11.5 Å². The second-order valence-electron chi connectivity index (χ2n) is 9.34. The van der Waals surface area contributed by atoms with Crippen molar-refractivity contribution in [3.05, 3.63) is 65.2 Å². The molecule has 3 heterocycles. The van der Waals surface area contributed by atoms with E-state index in [4.69, 9.17) is 14.2 Å². The number of ether oxygens (including phenoxy) is 3. The lowest BCUT2D eigenvalue weighted by Crippen LogP contribution is -2.60. The van der Waals surface area contributed by atoms with E-state index in [0.29, 0.717) is 36.4 Å². The van der Waals surface area contributed by atoms with Gasteiger partial charge < -0.3 is 29.1 Å². The maximum absolute atomic E-state index is 13.8. The van der Waals surface area contributed by atoms with Crippen molar-refractivity contribution in [1.29, 1.82) is 0 Å². The van der Waals surface area contributed by atoms with Crippen LogP contribution in [0.4, 0.5) is 0 Å². The van der Waals surface area contributed by atoms with Crippen LogP contribution in [-0.4, -0.2) is 72.4 Å². The van der Waals surface area contributed by atoms with Gasteiger partial charge in [0.15, 0.2) is 11.5 Å². The quantitative estimate of drug-likeness (QED) is 0.702. The zero-order valence-electron chi connectivity index (χ0n) is 19.1. The summed E-state index contributed by atoms with van der Waals surface area (Å²) in [5, 5.41) is 9.60. The molecule has 4 atom stereocenters. The number of phenols is 1. The standard InChI is InChI=1S/C26H26N2O6/c1-27-22-11-17(32-2)7-9-26(22)19-13-21-20(33-14-34-21)12-18(19)24(30)28(23(26)25(27)31)10-8-15-3-5-16(29)6-4-15/h3-7,9,12-13,17,22-23,29H,8,10-11,14H2,1-2H3/t17-,22?,23+,26-/m0/s1. The number of carbonyl (C=O) groups is 2. The molecule has 1 N–H and O–H groups in total. The second kappa shape index (κ2) is 7.50. The Morgan fingerprint density at radius 3 is 2.62 bits per heavy atom. The Kier molecular flexibility index (Phi) is 4.64. The summed E-state index contributed by atoms with van der Waals surface area (Å²) in [6.07, 6.45) is 5.18. The van der Waals surface area contributed by atoms with E-state index in [1.165, 1.54) is 0 Å². The fraction of sp³-hybridized carbons (Fsp3) is 0.385. The zero-order chi connectivity index (χ0) is 23.6. The molecule has 1 fully saturated rings. The fourth-order valence-electron chi connectivity index (χ4n) is 6.05. The highest BCUT2D eigenvalue weighted by molar-refractivity contribution is 6.05. The molecule has 1 aliphatic carbocycles. The predicted molar refractivity (Wildman–Crippen MR) is 122 cm³/mol.